The van der Waals surface area contributed by atoms with Gasteiger partial charge in [0.25, 0.3) is 0 Å². The lowest BCUT2D eigenvalue weighted by Gasteiger charge is -2.17. The highest BCUT2D eigenvalue weighted by Gasteiger charge is 2.44. The number of nitrogens with one attached hydrogen (secondary N) is 2. The molecule has 5 heteroatoms. The van der Waals surface area contributed by atoms with Crippen LogP contribution in [0.25, 0.3) is 0 Å². The van der Waals surface area contributed by atoms with E-state index in [-0.39, 0.29) is 23.1 Å². The molecule has 1 fully saturated rings. The van der Waals surface area contributed by atoms with E-state index < -0.39 is 0 Å². The van der Waals surface area contributed by atoms with E-state index in [1.54, 1.807) is 24.3 Å². The first kappa shape index (κ1) is 16.4. The second-order valence-corrected chi connectivity index (χ2v) is 6.27. The molecule has 0 radical (unpaired) electrons. The van der Waals surface area contributed by atoms with Crippen molar-refractivity contribution in [1.82, 2.24) is 10.6 Å². The van der Waals surface area contributed by atoms with Crippen molar-refractivity contribution in [3.63, 3.8) is 0 Å². The minimum absolute atomic E-state index is 0.0536. The van der Waals surface area contributed by atoms with Gasteiger partial charge in [-0.25, -0.2) is 13.6 Å². The van der Waals surface area contributed by atoms with Gasteiger partial charge in [-0.15, -0.1) is 0 Å². The number of urea groups is 1. The Kier molecular flexibility index (Phi) is 4.79. The Morgan fingerprint density at radius 2 is 1.50 bits per heavy atom. The van der Waals surface area contributed by atoms with E-state index in [0.717, 1.165) is 24.0 Å². The van der Waals surface area contributed by atoms with Crippen molar-refractivity contribution in [3.8, 4) is 0 Å². The summed E-state index contributed by atoms with van der Waals surface area (Å²) in [5.74, 6) is -0.513. The van der Waals surface area contributed by atoms with Crippen molar-refractivity contribution in [2.24, 2.45) is 0 Å². The van der Waals surface area contributed by atoms with E-state index in [1.165, 1.54) is 24.3 Å². The molecule has 3 nitrogen and oxygen atoms in total. The molecule has 2 aromatic rings. The molecular formula is C19H20F2N2O. The standard InChI is InChI=1S/C19H20F2N2O/c20-16-5-1-14(2-6-16)9-12-22-18(24)23-13-19(10-11-19)15-3-7-17(21)8-4-15/h1-8H,9-13H2,(H2,22,23,24). The van der Waals surface area contributed by atoms with Crippen LogP contribution in [0.1, 0.15) is 24.0 Å². The van der Waals surface area contributed by atoms with E-state index in [4.69, 9.17) is 0 Å². The molecule has 0 spiro atoms. The highest BCUT2D eigenvalue weighted by molar-refractivity contribution is 5.74. The van der Waals surface area contributed by atoms with E-state index in [0.29, 0.717) is 19.5 Å². The zero-order valence-corrected chi connectivity index (χ0v) is 13.3. The van der Waals surface area contributed by atoms with Gasteiger partial charge in [0.05, 0.1) is 0 Å². The van der Waals surface area contributed by atoms with Gasteiger partial charge in [-0.1, -0.05) is 24.3 Å². The SMILES string of the molecule is O=C(NCCc1ccc(F)cc1)NCC1(c2ccc(F)cc2)CC1. The number of amides is 2. The number of benzene rings is 2. The largest absolute Gasteiger partial charge is 0.338 e. The molecule has 1 aliphatic carbocycles. The summed E-state index contributed by atoms with van der Waals surface area (Å²) < 4.78 is 25.8. The summed E-state index contributed by atoms with van der Waals surface area (Å²) in [5, 5.41) is 5.69. The Balaban J connectivity index is 1.42. The molecule has 1 saturated carbocycles. The summed E-state index contributed by atoms with van der Waals surface area (Å²) in [7, 11) is 0. The van der Waals surface area contributed by atoms with Gasteiger partial charge in [-0.3, -0.25) is 0 Å². The molecule has 126 valence electrons. The minimum Gasteiger partial charge on any atom is -0.338 e. The van der Waals surface area contributed by atoms with Gasteiger partial charge < -0.3 is 10.6 Å². The average molecular weight is 330 g/mol. The molecular weight excluding hydrogens is 310 g/mol. The summed E-state index contributed by atoms with van der Waals surface area (Å²) in [6.07, 6.45) is 2.64. The molecule has 0 saturated heterocycles. The lowest BCUT2D eigenvalue weighted by molar-refractivity contribution is 0.240. The predicted octanol–water partition coefficient (Wildman–Crippen LogP) is 3.54. The van der Waals surface area contributed by atoms with Crippen molar-refractivity contribution >= 4 is 6.03 Å². The van der Waals surface area contributed by atoms with Crippen LogP contribution in [0.2, 0.25) is 0 Å². The number of halogens is 2. The average Bonchev–Trinajstić information content (AvgIpc) is 3.37. The van der Waals surface area contributed by atoms with Crippen LogP contribution in [0.5, 0.6) is 0 Å². The second-order valence-electron chi connectivity index (χ2n) is 6.27. The summed E-state index contributed by atoms with van der Waals surface area (Å²) in [6.45, 7) is 1.03. The van der Waals surface area contributed by atoms with Gasteiger partial charge in [-0.2, -0.15) is 0 Å². The maximum atomic E-state index is 13.0. The number of hydrogen-bond donors (Lipinski definition) is 2. The number of hydrogen-bond acceptors (Lipinski definition) is 1. The van der Waals surface area contributed by atoms with Crippen molar-refractivity contribution in [2.45, 2.75) is 24.7 Å². The van der Waals surface area contributed by atoms with Gasteiger partial charge in [-0.05, 0) is 54.7 Å². The molecule has 1 aliphatic rings. The highest BCUT2D eigenvalue weighted by Crippen LogP contribution is 2.47. The molecule has 0 heterocycles. The Hall–Kier alpha value is -2.43. The van der Waals surface area contributed by atoms with Crippen LogP contribution in [0.3, 0.4) is 0 Å². The van der Waals surface area contributed by atoms with Gasteiger partial charge in [0.15, 0.2) is 0 Å². The van der Waals surface area contributed by atoms with Gasteiger partial charge in [0, 0.05) is 18.5 Å². The summed E-state index contributed by atoms with van der Waals surface area (Å²) in [5.41, 5.74) is 1.99. The minimum atomic E-state index is -0.264. The lowest BCUT2D eigenvalue weighted by atomic mass is 9.96. The normalized spacial score (nSPS) is 14.9. The number of rotatable bonds is 6. The fraction of sp³-hybridized carbons (Fsp3) is 0.316. The first-order valence-corrected chi connectivity index (χ1v) is 8.10. The summed E-state index contributed by atoms with van der Waals surface area (Å²) in [4.78, 5) is 11.9. The van der Waals surface area contributed by atoms with Crippen LogP contribution in [0.15, 0.2) is 48.5 Å². The first-order valence-electron chi connectivity index (χ1n) is 8.10. The van der Waals surface area contributed by atoms with Crippen LogP contribution in [0, 0.1) is 11.6 Å². The van der Waals surface area contributed by atoms with Crippen molar-refractivity contribution in [2.75, 3.05) is 13.1 Å². The van der Waals surface area contributed by atoms with E-state index in [2.05, 4.69) is 10.6 Å². The molecule has 0 aromatic heterocycles. The second kappa shape index (κ2) is 6.99. The van der Waals surface area contributed by atoms with E-state index in [9.17, 15) is 13.6 Å². The molecule has 0 aliphatic heterocycles. The van der Waals surface area contributed by atoms with Crippen LogP contribution >= 0.6 is 0 Å². The van der Waals surface area contributed by atoms with E-state index in [1.807, 2.05) is 0 Å². The Bertz CT molecular complexity index is 694. The zero-order chi connectivity index (χ0) is 17.0. The topological polar surface area (TPSA) is 41.1 Å². The molecule has 0 unspecified atom stereocenters. The lowest BCUT2D eigenvalue weighted by Crippen LogP contribution is -2.40. The third-order valence-corrected chi connectivity index (χ3v) is 4.51. The Morgan fingerprint density at radius 1 is 0.917 bits per heavy atom. The Labute approximate surface area is 140 Å². The van der Waals surface area contributed by atoms with Crippen LogP contribution in [-0.2, 0) is 11.8 Å². The molecule has 2 N–H and O–H groups in total. The maximum absolute atomic E-state index is 13.0. The quantitative estimate of drug-likeness (QED) is 0.836. The summed E-state index contributed by atoms with van der Waals surface area (Å²) >= 11 is 0. The molecule has 0 bridgehead atoms. The molecule has 24 heavy (non-hydrogen) atoms. The summed E-state index contributed by atoms with van der Waals surface area (Å²) in [6, 6.07) is 12.5. The number of carbonyl (C=O) groups excluding carboxylic acids is 1. The third-order valence-electron chi connectivity index (χ3n) is 4.51. The van der Waals surface area contributed by atoms with Crippen LogP contribution in [0.4, 0.5) is 13.6 Å². The number of carbonyl (C=O) groups is 1. The van der Waals surface area contributed by atoms with Crippen LogP contribution < -0.4 is 10.6 Å². The van der Waals surface area contributed by atoms with Crippen molar-refractivity contribution < 1.29 is 13.6 Å². The van der Waals surface area contributed by atoms with Gasteiger partial charge >= 0.3 is 6.03 Å². The first-order chi connectivity index (χ1) is 11.6. The monoisotopic (exact) mass is 330 g/mol. The highest BCUT2D eigenvalue weighted by atomic mass is 19.1. The molecule has 2 aromatic carbocycles. The molecule has 3 rings (SSSR count). The van der Waals surface area contributed by atoms with Gasteiger partial charge in [0.2, 0.25) is 0 Å². The Morgan fingerprint density at radius 3 is 2.08 bits per heavy atom. The van der Waals surface area contributed by atoms with Crippen LogP contribution in [-0.4, -0.2) is 19.1 Å². The van der Waals surface area contributed by atoms with Crippen molar-refractivity contribution in [1.29, 1.82) is 0 Å². The fourth-order valence-corrected chi connectivity index (χ4v) is 2.81. The van der Waals surface area contributed by atoms with Gasteiger partial charge in [0.1, 0.15) is 11.6 Å². The molecule has 2 amide bonds. The zero-order valence-electron chi connectivity index (χ0n) is 13.3. The fourth-order valence-electron chi connectivity index (χ4n) is 2.81. The van der Waals surface area contributed by atoms with Crippen molar-refractivity contribution in [3.05, 3.63) is 71.3 Å². The third kappa shape index (κ3) is 4.10. The molecule has 0 atom stereocenters. The predicted molar refractivity (Wildman–Crippen MR) is 88.8 cm³/mol. The van der Waals surface area contributed by atoms with E-state index >= 15 is 0 Å². The smallest absolute Gasteiger partial charge is 0.314 e. The maximum Gasteiger partial charge on any atom is 0.314 e.